The zero-order valence-corrected chi connectivity index (χ0v) is 16.3. The van der Waals surface area contributed by atoms with E-state index in [0.717, 1.165) is 10.1 Å². The third-order valence-electron chi connectivity index (χ3n) is 5.07. The normalized spacial score (nSPS) is 27.6. The average Bonchev–Trinajstić information content (AvgIpc) is 3.18. The standard InChI is InChI=1S/C20H22N2O7/c1-20(2)28-16-14(11-23)27-18(17(16)29-20)21-9-8-15(24)22(19(21)25)10-12-4-6-13(26-3)7-5-12/h4-9,11,14,16-18H,10H2,1-3H3/t14-,16-,17-,18-/m1/s1. The van der Waals surface area contributed by atoms with Gasteiger partial charge in [0.15, 0.2) is 18.3 Å². The number of nitrogens with zero attached hydrogens (tertiary/aromatic N) is 2. The maximum atomic E-state index is 13.1. The van der Waals surface area contributed by atoms with Crippen molar-refractivity contribution in [2.45, 2.75) is 50.7 Å². The van der Waals surface area contributed by atoms with Crippen molar-refractivity contribution in [1.82, 2.24) is 9.13 Å². The quantitative estimate of drug-likeness (QED) is 0.679. The van der Waals surface area contributed by atoms with E-state index in [1.54, 1.807) is 45.2 Å². The number of hydrogen-bond donors (Lipinski definition) is 0. The molecule has 29 heavy (non-hydrogen) atoms. The van der Waals surface area contributed by atoms with Crippen LogP contribution in [0.15, 0.2) is 46.1 Å². The largest absolute Gasteiger partial charge is 0.497 e. The van der Waals surface area contributed by atoms with Crippen molar-refractivity contribution in [2.24, 2.45) is 0 Å². The third-order valence-corrected chi connectivity index (χ3v) is 5.07. The van der Waals surface area contributed by atoms with Crippen LogP contribution in [0, 0.1) is 0 Å². The second-order valence-corrected chi connectivity index (χ2v) is 7.47. The molecule has 1 aromatic carbocycles. The van der Waals surface area contributed by atoms with Crippen molar-refractivity contribution in [3.63, 3.8) is 0 Å². The highest BCUT2D eigenvalue weighted by molar-refractivity contribution is 5.58. The lowest BCUT2D eigenvalue weighted by Gasteiger charge is -2.24. The van der Waals surface area contributed by atoms with Crippen LogP contribution in [0.25, 0.3) is 0 Å². The van der Waals surface area contributed by atoms with Crippen LogP contribution in [0.2, 0.25) is 0 Å². The van der Waals surface area contributed by atoms with Crippen LogP contribution in [0.4, 0.5) is 0 Å². The summed E-state index contributed by atoms with van der Waals surface area (Å²) >= 11 is 0. The highest BCUT2D eigenvalue weighted by atomic mass is 16.8. The molecule has 2 aromatic rings. The van der Waals surface area contributed by atoms with Gasteiger partial charge in [0, 0.05) is 12.3 Å². The predicted molar refractivity (Wildman–Crippen MR) is 101 cm³/mol. The molecule has 2 aliphatic rings. The Kier molecular flexibility index (Phi) is 4.89. The predicted octanol–water partition coefficient (Wildman–Crippen LogP) is 0.683. The van der Waals surface area contributed by atoms with Gasteiger partial charge in [0.25, 0.3) is 5.56 Å². The van der Waals surface area contributed by atoms with Crippen molar-refractivity contribution in [3.05, 3.63) is 62.9 Å². The SMILES string of the molecule is COc1ccc(Cn2c(=O)ccn([C@@H]3O[C@H](C=O)[C@H]4OC(C)(C)O[C@H]43)c2=O)cc1. The number of aromatic nitrogens is 2. The van der Waals surface area contributed by atoms with E-state index in [1.165, 1.54) is 16.8 Å². The molecule has 0 bridgehead atoms. The van der Waals surface area contributed by atoms with Gasteiger partial charge >= 0.3 is 5.69 Å². The first kappa shape index (κ1) is 19.6. The first-order valence-corrected chi connectivity index (χ1v) is 9.24. The highest BCUT2D eigenvalue weighted by Crippen LogP contribution is 2.41. The Morgan fingerprint density at radius 2 is 1.79 bits per heavy atom. The van der Waals surface area contributed by atoms with Gasteiger partial charge in [0.1, 0.15) is 24.1 Å². The first-order chi connectivity index (χ1) is 13.8. The topological polar surface area (TPSA) is 98.0 Å². The van der Waals surface area contributed by atoms with E-state index in [-0.39, 0.29) is 6.54 Å². The van der Waals surface area contributed by atoms with Gasteiger partial charge in [-0.05, 0) is 31.5 Å². The molecule has 0 unspecified atom stereocenters. The van der Waals surface area contributed by atoms with Crippen LogP contribution in [0.5, 0.6) is 5.75 Å². The van der Waals surface area contributed by atoms with Crippen LogP contribution in [0.3, 0.4) is 0 Å². The van der Waals surface area contributed by atoms with Crippen molar-refractivity contribution in [3.8, 4) is 5.75 Å². The van der Waals surface area contributed by atoms with Crippen LogP contribution < -0.4 is 16.0 Å². The number of benzene rings is 1. The molecule has 154 valence electrons. The monoisotopic (exact) mass is 402 g/mol. The van der Waals surface area contributed by atoms with Crippen LogP contribution in [-0.4, -0.2) is 46.6 Å². The van der Waals surface area contributed by atoms with E-state index < -0.39 is 41.6 Å². The Hall–Kier alpha value is -2.75. The van der Waals surface area contributed by atoms with Gasteiger partial charge in [0.2, 0.25) is 0 Å². The molecule has 4 rings (SSSR count). The molecular weight excluding hydrogens is 380 g/mol. The molecule has 4 atom stereocenters. The second kappa shape index (κ2) is 7.25. The molecule has 9 nitrogen and oxygen atoms in total. The van der Waals surface area contributed by atoms with Gasteiger partial charge in [0.05, 0.1) is 13.7 Å². The van der Waals surface area contributed by atoms with Gasteiger partial charge in [-0.15, -0.1) is 0 Å². The van der Waals surface area contributed by atoms with E-state index in [0.29, 0.717) is 12.0 Å². The lowest BCUT2D eigenvalue weighted by molar-refractivity contribution is -0.195. The summed E-state index contributed by atoms with van der Waals surface area (Å²) < 4.78 is 24.9. The van der Waals surface area contributed by atoms with Crippen LogP contribution >= 0.6 is 0 Å². The van der Waals surface area contributed by atoms with E-state index in [2.05, 4.69) is 0 Å². The maximum Gasteiger partial charge on any atom is 0.333 e. The fraction of sp³-hybridized carbons (Fsp3) is 0.450. The number of carbonyl (C=O) groups excluding carboxylic acids is 1. The second-order valence-electron chi connectivity index (χ2n) is 7.47. The third kappa shape index (κ3) is 3.52. The Morgan fingerprint density at radius 1 is 1.10 bits per heavy atom. The van der Waals surface area contributed by atoms with Gasteiger partial charge in [-0.3, -0.25) is 13.9 Å². The van der Waals surface area contributed by atoms with Gasteiger partial charge < -0.3 is 23.7 Å². The fourth-order valence-corrected chi connectivity index (χ4v) is 3.73. The Labute approximate surface area is 166 Å². The summed E-state index contributed by atoms with van der Waals surface area (Å²) in [5.41, 5.74) is -0.232. The zero-order chi connectivity index (χ0) is 20.8. The summed E-state index contributed by atoms with van der Waals surface area (Å²) in [6.07, 6.45) is -1.02. The molecule has 0 amide bonds. The van der Waals surface area contributed by atoms with Gasteiger partial charge in [-0.2, -0.15) is 0 Å². The molecule has 2 fully saturated rings. The van der Waals surface area contributed by atoms with E-state index in [4.69, 9.17) is 18.9 Å². The summed E-state index contributed by atoms with van der Waals surface area (Å²) in [6, 6.07) is 8.37. The highest BCUT2D eigenvalue weighted by Gasteiger charge is 2.56. The molecule has 3 heterocycles. The number of aldehydes is 1. The zero-order valence-electron chi connectivity index (χ0n) is 16.3. The molecule has 0 radical (unpaired) electrons. The van der Waals surface area contributed by atoms with Crippen LogP contribution in [0.1, 0.15) is 25.6 Å². The molecule has 9 heteroatoms. The number of carbonyl (C=O) groups is 1. The first-order valence-electron chi connectivity index (χ1n) is 9.24. The minimum atomic E-state index is -0.903. The molecule has 0 saturated carbocycles. The lowest BCUT2D eigenvalue weighted by atomic mass is 10.1. The average molecular weight is 402 g/mol. The van der Waals surface area contributed by atoms with Crippen molar-refractivity contribution >= 4 is 6.29 Å². The molecular formula is C20H22N2O7. The van der Waals surface area contributed by atoms with E-state index in [1.807, 2.05) is 0 Å². The number of hydrogen-bond acceptors (Lipinski definition) is 7. The molecule has 0 spiro atoms. The maximum absolute atomic E-state index is 13.1. The minimum absolute atomic E-state index is 0.0866. The minimum Gasteiger partial charge on any atom is -0.497 e. The number of fused-ring (bicyclic) bond motifs is 1. The lowest BCUT2D eigenvalue weighted by Crippen LogP contribution is -2.43. The van der Waals surface area contributed by atoms with Crippen molar-refractivity contribution in [2.75, 3.05) is 7.11 Å². The van der Waals surface area contributed by atoms with Crippen LogP contribution in [-0.2, 0) is 25.5 Å². The Bertz CT molecular complexity index is 1020. The summed E-state index contributed by atoms with van der Waals surface area (Å²) in [7, 11) is 1.56. The van der Waals surface area contributed by atoms with Crippen molar-refractivity contribution in [1.29, 1.82) is 0 Å². The summed E-state index contributed by atoms with van der Waals surface area (Å²) in [5, 5.41) is 0. The molecule has 0 N–H and O–H groups in total. The summed E-state index contributed by atoms with van der Waals surface area (Å²) in [6.45, 7) is 3.55. The van der Waals surface area contributed by atoms with E-state index in [9.17, 15) is 14.4 Å². The molecule has 2 aliphatic heterocycles. The molecule has 1 aromatic heterocycles. The molecule has 2 saturated heterocycles. The fourth-order valence-electron chi connectivity index (χ4n) is 3.73. The number of ether oxygens (including phenoxy) is 4. The Balaban J connectivity index is 1.68. The summed E-state index contributed by atoms with van der Waals surface area (Å²) in [5.74, 6) is -0.224. The number of rotatable bonds is 5. The molecule has 0 aliphatic carbocycles. The van der Waals surface area contributed by atoms with E-state index >= 15 is 0 Å². The Morgan fingerprint density at radius 3 is 2.45 bits per heavy atom. The van der Waals surface area contributed by atoms with Gasteiger partial charge in [-0.25, -0.2) is 4.79 Å². The smallest absolute Gasteiger partial charge is 0.333 e. The van der Waals surface area contributed by atoms with Gasteiger partial charge in [-0.1, -0.05) is 12.1 Å². The number of methoxy groups -OCH3 is 1. The summed E-state index contributed by atoms with van der Waals surface area (Å²) in [4.78, 5) is 36.9. The van der Waals surface area contributed by atoms with Crippen molar-refractivity contribution < 1.29 is 23.7 Å².